The minimum absolute atomic E-state index is 0.771. The summed E-state index contributed by atoms with van der Waals surface area (Å²) in [5.74, 6) is 1.54. The van der Waals surface area contributed by atoms with E-state index in [2.05, 4.69) is 0 Å². The van der Waals surface area contributed by atoms with E-state index in [1.165, 1.54) is 44.9 Å². The summed E-state index contributed by atoms with van der Waals surface area (Å²) in [5.41, 5.74) is 11.5. The molecule has 0 heterocycles. The molecular formula is C11H24N2. The molecule has 1 rings (SSSR count). The average molecular weight is 184 g/mol. The van der Waals surface area contributed by atoms with Crippen LogP contribution in [0.25, 0.3) is 0 Å². The molecule has 78 valence electrons. The SMILES string of the molecule is NCC1CCCCCC(CN)CC1. The Morgan fingerprint density at radius 1 is 0.692 bits per heavy atom. The van der Waals surface area contributed by atoms with Gasteiger partial charge in [0.15, 0.2) is 0 Å². The van der Waals surface area contributed by atoms with Crippen LogP contribution in [0.2, 0.25) is 0 Å². The van der Waals surface area contributed by atoms with E-state index in [4.69, 9.17) is 11.5 Å². The van der Waals surface area contributed by atoms with E-state index in [1.54, 1.807) is 0 Å². The van der Waals surface area contributed by atoms with Crippen LogP contribution < -0.4 is 11.5 Å². The zero-order chi connectivity index (χ0) is 9.52. The van der Waals surface area contributed by atoms with E-state index in [1.807, 2.05) is 0 Å². The van der Waals surface area contributed by atoms with Crippen molar-refractivity contribution in [2.24, 2.45) is 23.3 Å². The van der Waals surface area contributed by atoms with Gasteiger partial charge < -0.3 is 11.5 Å². The molecule has 0 radical (unpaired) electrons. The van der Waals surface area contributed by atoms with Gasteiger partial charge in [-0.05, 0) is 50.6 Å². The molecule has 2 atom stereocenters. The summed E-state index contributed by atoms with van der Waals surface area (Å²) < 4.78 is 0. The molecular weight excluding hydrogens is 160 g/mol. The van der Waals surface area contributed by atoms with Gasteiger partial charge in [-0.1, -0.05) is 19.3 Å². The van der Waals surface area contributed by atoms with E-state index in [-0.39, 0.29) is 0 Å². The number of nitrogens with two attached hydrogens (primary N) is 2. The maximum Gasteiger partial charge on any atom is -0.00489 e. The predicted molar refractivity (Wildman–Crippen MR) is 57.4 cm³/mol. The Balaban J connectivity index is 2.33. The van der Waals surface area contributed by atoms with Gasteiger partial charge in [-0.25, -0.2) is 0 Å². The maximum absolute atomic E-state index is 5.73. The molecule has 1 aliphatic rings. The van der Waals surface area contributed by atoms with Gasteiger partial charge in [0.2, 0.25) is 0 Å². The van der Waals surface area contributed by atoms with Crippen LogP contribution in [-0.4, -0.2) is 13.1 Å². The first kappa shape index (κ1) is 11.0. The van der Waals surface area contributed by atoms with Crippen molar-refractivity contribution >= 4 is 0 Å². The highest BCUT2D eigenvalue weighted by Crippen LogP contribution is 2.24. The first-order chi connectivity index (χ1) is 6.36. The molecule has 1 fully saturated rings. The Bertz CT molecular complexity index is 111. The molecule has 0 aromatic rings. The minimum atomic E-state index is 0.771. The standard InChI is InChI=1S/C11H24N2/c12-8-10-4-2-1-3-5-11(9-13)7-6-10/h10-11H,1-9,12-13H2. The molecule has 0 spiro atoms. The Labute approximate surface area is 82.1 Å². The van der Waals surface area contributed by atoms with Crippen molar-refractivity contribution in [2.45, 2.75) is 44.9 Å². The topological polar surface area (TPSA) is 52.0 Å². The molecule has 0 bridgehead atoms. The van der Waals surface area contributed by atoms with Crippen LogP contribution in [0.1, 0.15) is 44.9 Å². The molecule has 2 nitrogen and oxygen atoms in total. The van der Waals surface area contributed by atoms with Crippen molar-refractivity contribution in [1.82, 2.24) is 0 Å². The average Bonchev–Trinajstić information content (AvgIpc) is 2.28. The van der Waals surface area contributed by atoms with Gasteiger partial charge in [0.1, 0.15) is 0 Å². The number of hydrogen-bond donors (Lipinski definition) is 2. The summed E-state index contributed by atoms with van der Waals surface area (Å²) in [6.07, 6.45) is 9.42. The second-order valence-electron chi connectivity index (χ2n) is 4.42. The van der Waals surface area contributed by atoms with Crippen LogP contribution in [0.4, 0.5) is 0 Å². The third-order valence-corrected chi connectivity index (χ3v) is 3.37. The fraction of sp³-hybridized carbons (Fsp3) is 1.00. The molecule has 1 saturated carbocycles. The monoisotopic (exact) mass is 184 g/mol. The van der Waals surface area contributed by atoms with Crippen molar-refractivity contribution < 1.29 is 0 Å². The quantitative estimate of drug-likeness (QED) is 0.688. The predicted octanol–water partition coefficient (Wildman–Crippen LogP) is 1.88. The van der Waals surface area contributed by atoms with E-state index in [9.17, 15) is 0 Å². The van der Waals surface area contributed by atoms with E-state index in [0.717, 1.165) is 24.9 Å². The Morgan fingerprint density at radius 3 is 1.54 bits per heavy atom. The van der Waals surface area contributed by atoms with Gasteiger partial charge in [-0.2, -0.15) is 0 Å². The molecule has 0 aromatic heterocycles. The lowest BCUT2D eigenvalue weighted by atomic mass is 9.93. The van der Waals surface area contributed by atoms with Crippen LogP contribution in [0, 0.1) is 11.8 Å². The van der Waals surface area contributed by atoms with Crippen molar-refractivity contribution in [2.75, 3.05) is 13.1 Å². The zero-order valence-corrected chi connectivity index (χ0v) is 8.67. The molecule has 2 unspecified atom stereocenters. The zero-order valence-electron chi connectivity index (χ0n) is 8.67. The third-order valence-electron chi connectivity index (χ3n) is 3.37. The van der Waals surface area contributed by atoms with E-state index >= 15 is 0 Å². The van der Waals surface area contributed by atoms with Crippen molar-refractivity contribution in [3.63, 3.8) is 0 Å². The van der Waals surface area contributed by atoms with Gasteiger partial charge in [-0.3, -0.25) is 0 Å². The lowest BCUT2D eigenvalue weighted by molar-refractivity contribution is 0.387. The second kappa shape index (κ2) is 6.39. The molecule has 0 aliphatic heterocycles. The third kappa shape index (κ3) is 4.10. The van der Waals surface area contributed by atoms with Gasteiger partial charge in [0, 0.05) is 0 Å². The Hall–Kier alpha value is -0.0800. The van der Waals surface area contributed by atoms with Gasteiger partial charge in [-0.15, -0.1) is 0 Å². The van der Waals surface area contributed by atoms with Crippen LogP contribution in [0.15, 0.2) is 0 Å². The smallest absolute Gasteiger partial charge is 0.00489 e. The summed E-state index contributed by atoms with van der Waals surface area (Å²) in [7, 11) is 0. The van der Waals surface area contributed by atoms with Gasteiger partial charge in [0.05, 0.1) is 0 Å². The highest BCUT2D eigenvalue weighted by atomic mass is 14.6. The Kier molecular flexibility index (Phi) is 5.40. The normalized spacial score (nSPS) is 31.8. The summed E-state index contributed by atoms with van der Waals surface area (Å²) in [6.45, 7) is 1.74. The first-order valence-corrected chi connectivity index (χ1v) is 5.77. The largest absolute Gasteiger partial charge is 0.330 e. The molecule has 13 heavy (non-hydrogen) atoms. The first-order valence-electron chi connectivity index (χ1n) is 5.77. The lowest BCUT2D eigenvalue weighted by Crippen LogP contribution is -2.18. The maximum atomic E-state index is 5.73. The minimum Gasteiger partial charge on any atom is -0.330 e. The second-order valence-corrected chi connectivity index (χ2v) is 4.42. The highest BCUT2D eigenvalue weighted by molar-refractivity contribution is 4.68. The molecule has 0 amide bonds. The Morgan fingerprint density at radius 2 is 1.15 bits per heavy atom. The van der Waals surface area contributed by atoms with Crippen molar-refractivity contribution in [3.8, 4) is 0 Å². The summed E-state index contributed by atoms with van der Waals surface area (Å²) >= 11 is 0. The summed E-state index contributed by atoms with van der Waals surface area (Å²) in [5, 5.41) is 0. The highest BCUT2D eigenvalue weighted by Gasteiger charge is 2.13. The van der Waals surface area contributed by atoms with Crippen LogP contribution >= 0.6 is 0 Å². The summed E-state index contributed by atoms with van der Waals surface area (Å²) in [6, 6.07) is 0. The van der Waals surface area contributed by atoms with E-state index < -0.39 is 0 Å². The van der Waals surface area contributed by atoms with Crippen molar-refractivity contribution in [3.05, 3.63) is 0 Å². The van der Waals surface area contributed by atoms with Gasteiger partial charge in [0.25, 0.3) is 0 Å². The van der Waals surface area contributed by atoms with E-state index in [0.29, 0.717) is 0 Å². The molecule has 0 aromatic carbocycles. The number of rotatable bonds is 2. The lowest BCUT2D eigenvalue weighted by Gasteiger charge is -2.16. The van der Waals surface area contributed by atoms with Crippen LogP contribution in [-0.2, 0) is 0 Å². The van der Waals surface area contributed by atoms with Crippen molar-refractivity contribution in [1.29, 1.82) is 0 Å². The molecule has 4 N–H and O–H groups in total. The molecule has 1 aliphatic carbocycles. The van der Waals surface area contributed by atoms with Crippen LogP contribution in [0.5, 0.6) is 0 Å². The molecule has 2 heteroatoms. The fourth-order valence-corrected chi connectivity index (χ4v) is 2.27. The van der Waals surface area contributed by atoms with Gasteiger partial charge >= 0.3 is 0 Å². The number of hydrogen-bond acceptors (Lipinski definition) is 2. The fourth-order valence-electron chi connectivity index (χ4n) is 2.27. The molecule has 0 saturated heterocycles. The van der Waals surface area contributed by atoms with Crippen LogP contribution in [0.3, 0.4) is 0 Å². The summed E-state index contributed by atoms with van der Waals surface area (Å²) in [4.78, 5) is 0.